The first-order valence-corrected chi connectivity index (χ1v) is 4.13. The largest absolute Gasteiger partial charge is 0.574 e. The fourth-order valence-corrected chi connectivity index (χ4v) is 1.08. The van der Waals surface area contributed by atoms with Gasteiger partial charge in [0.1, 0.15) is 5.02 Å². The molecule has 0 N–H and O–H groups in total. The Bertz CT molecular complexity index is 354. The van der Waals surface area contributed by atoms with Crippen LogP contribution >= 0.6 is 23.2 Å². The molecular weight excluding hydrogens is 242 g/mol. The predicted molar refractivity (Wildman–Crippen MR) is 45.7 cm³/mol. The Kier molecular flexibility index (Phi) is 3.11. The lowest BCUT2D eigenvalue weighted by Crippen LogP contribution is -2.18. The van der Waals surface area contributed by atoms with Crippen LogP contribution in [0.4, 0.5) is 13.2 Å². The number of pyridine rings is 1. The van der Waals surface area contributed by atoms with E-state index in [2.05, 4.69) is 9.72 Å². The molecular formula is C7H4Cl2F3NO. The van der Waals surface area contributed by atoms with Gasteiger partial charge in [-0.2, -0.15) is 0 Å². The second-order valence-corrected chi connectivity index (χ2v) is 3.18. The molecule has 0 saturated carbocycles. The quantitative estimate of drug-likeness (QED) is 0.755. The van der Waals surface area contributed by atoms with Gasteiger partial charge < -0.3 is 4.74 Å². The van der Waals surface area contributed by atoms with E-state index < -0.39 is 12.2 Å². The molecule has 0 amide bonds. The Morgan fingerprint density at radius 2 is 1.86 bits per heavy atom. The maximum absolute atomic E-state index is 11.8. The van der Waals surface area contributed by atoms with Crippen LogP contribution in [0, 0.1) is 6.92 Å². The van der Waals surface area contributed by atoms with E-state index in [1.54, 1.807) is 6.92 Å². The van der Waals surface area contributed by atoms with E-state index >= 15 is 0 Å². The summed E-state index contributed by atoms with van der Waals surface area (Å²) >= 11 is 11.1. The van der Waals surface area contributed by atoms with Crippen LogP contribution in [0.3, 0.4) is 0 Å². The molecule has 0 radical (unpaired) electrons. The van der Waals surface area contributed by atoms with Gasteiger partial charge in [-0.1, -0.05) is 23.2 Å². The molecule has 0 unspecified atom stereocenters. The summed E-state index contributed by atoms with van der Waals surface area (Å²) in [6, 6.07) is 0. The lowest BCUT2D eigenvalue weighted by Gasteiger charge is -2.10. The molecule has 0 bridgehead atoms. The topological polar surface area (TPSA) is 22.1 Å². The van der Waals surface area contributed by atoms with Crippen molar-refractivity contribution in [2.24, 2.45) is 0 Å². The number of aryl methyl sites for hydroxylation is 1. The van der Waals surface area contributed by atoms with Gasteiger partial charge in [0.25, 0.3) is 0 Å². The molecule has 0 aliphatic heterocycles. The summed E-state index contributed by atoms with van der Waals surface area (Å²) in [5.74, 6) is -0.741. The predicted octanol–water partition coefficient (Wildman–Crippen LogP) is 3.60. The maximum Gasteiger partial charge on any atom is 0.574 e. The fourth-order valence-electron chi connectivity index (χ4n) is 0.717. The van der Waals surface area contributed by atoms with Crippen molar-refractivity contribution in [1.82, 2.24) is 4.98 Å². The lowest BCUT2D eigenvalue weighted by molar-refractivity contribution is -0.276. The van der Waals surface area contributed by atoms with Crippen LogP contribution in [-0.2, 0) is 0 Å². The van der Waals surface area contributed by atoms with E-state index in [1.807, 2.05) is 0 Å². The molecule has 1 heterocycles. The third kappa shape index (κ3) is 2.65. The second-order valence-electron chi connectivity index (χ2n) is 2.42. The first kappa shape index (κ1) is 11.4. The number of nitrogens with zero attached hydrogens (tertiary/aromatic N) is 1. The molecule has 14 heavy (non-hydrogen) atoms. The van der Waals surface area contributed by atoms with Crippen LogP contribution in [0.5, 0.6) is 5.88 Å². The summed E-state index contributed by atoms with van der Waals surface area (Å²) < 4.78 is 38.9. The molecule has 2 nitrogen and oxygen atoms in total. The number of hydrogen-bond acceptors (Lipinski definition) is 2. The van der Waals surface area contributed by atoms with Gasteiger partial charge in [-0.25, -0.2) is 4.98 Å². The first-order valence-electron chi connectivity index (χ1n) is 3.37. The van der Waals surface area contributed by atoms with E-state index in [-0.39, 0.29) is 10.0 Å². The fraction of sp³-hybridized carbons (Fsp3) is 0.286. The summed E-state index contributed by atoms with van der Waals surface area (Å²) in [5.41, 5.74) is 0.478. The van der Waals surface area contributed by atoms with Gasteiger partial charge in [-0.3, -0.25) is 0 Å². The van der Waals surface area contributed by atoms with Crippen molar-refractivity contribution in [3.05, 3.63) is 21.8 Å². The average Bonchev–Trinajstić information content (AvgIpc) is 2.04. The Balaban J connectivity index is 3.06. The molecule has 0 aliphatic rings. The van der Waals surface area contributed by atoms with Gasteiger partial charge in [0.2, 0.25) is 5.88 Å². The number of rotatable bonds is 1. The molecule has 0 aliphatic carbocycles. The Morgan fingerprint density at radius 1 is 1.29 bits per heavy atom. The van der Waals surface area contributed by atoms with Crippen molar-refractivity contribution in [2.45, 2.75) is 13.3 Å². The SMILES string of the molecule is Cc1cnc(OC(F)(F)F)c(Cl)c1Cl. The summed E-state index contributed by atoms with van der Waals surface area (Å²) in [6.07, 6.45) is -3.68. The zero-order valence-electron chi connectivity index (χ0n) is 6.82. The van der Waals surface area contributed by atoms with E-state index in [0.717, 1.165) is 6.20 Å². The number of hydrogen-bond donors (Lipinski definition) is 0. The van der Waals surface area contributed by atoms with Crippen LogP contribution in [0.1, 0.15) is 5.56 Å². The summed E-state index contributed by atoms with van der Waals surface area (Å²) in [6.45, 7) is 1.57. The molecule has 0 atom stereocenters. The van der Waals surface area contributed by atoms with Gasteiger partial charge in [-0.15, -0.1) is 13.2 Å². The van der Waals surface area contributed by atoms with Crippen LogP contribution in [-0.4, -0.2) is 11.3 Å². The molecule has 0 aromatic carbocycles. The number of alkyl halides is 3. The van der Waals surface area contributed by atoms with Gasteiger partial charge >= 0.3 is 6.36 Å². The maximum atomic E-state index is 11.8. The van der Waals surface area contributed by atoms with Crippen LogP contribution in [0.15, 0.2) is 6.20 Å². The van der Waals surface area contributed by atoms with Crippen molar-refractivity contribution >= 4 is 23.2 Å². The monoisotopic (exact) mass is 245 g/mol. The minimum atomic E-state index is -4.82. The summed E-state index contributed by atoms with van der Waals surface area (Å²) in [4.78, 5) is 3.37. The molecule has 78 valence electrons. The standard InChI is InChI=1S/C7H4Cl2F3NO/c1-3-2-13-6(5(9)4(3)8)14-7(10,11)12/h2H,1H3. The van der Waals surface area contributed by atoms with Crippen molar-refractivity contribution in [3.8, 4) is 5.88 Å². The minimum absolute atomic E-state index is 0.000849. The zero-order valence-corrected chi connectivity index (χ0v) is 8.33. The van der Waals surface area contributed by atoms with Crippen LogP contribution in [0.2, 0.25) is 10.0 Å². The summed E-state index contributed by atoms with van der Waals surface area (Å²) in [7, 11) is 0. The second kappa shape index (κ2) is 3.82. The van der Waals surface area contributed by atoms with Gasteiger partial charge in [0.05, 0.1) is 5.02 Å². The van der Waals surface area contributed by atoms with Crippen molar-refractivity contribution in [3.63, 3.8) is 0 Å². The van der Waals surface area contributed by atoms with Crippen molar-refractivity contribution in [1.29, 1.82) is 0 Å². The van der Waals surface area contributed by atoms with E-state index in [4.69, 9.17) is 23.2 Å². The Hall–Kier alpha value is -0.680. The Labute approximate surface area is 87.6 Å². The van der Waals surface area contributed by atoms with Gasteiger partial charge in [0.15, 0.2) is 0 Å². The molecule has 1 aromatic heterocycles. The normalized spacial score (nSPS) is 11.6. The molecule has 0 fully saturated rings. The summed E-state index contributed by atoms with van der Waals surface area (Å²) in [5, 5.41) is -0.343. The van der Waals surface area contributed by atoms with Crippen molar-refractivity contribution < 1.29 is 17.9 Å². The Morgan fingerprint density at radius 3 is 2.36 bits per heavy atom. The van der Waals surface area contributed by atoms with E-state index in [9.17, 15) is 13.2 Å². The molecule has 0 saturated heterocycles. The minimum Gasteiger partial charge on any atom is -0.386 e. The smallest absolute Gasteiger partial charge is 0.386 e. The molecule has 0 spiro atoms. The number of aromatic nitrogens is 1. The zero-order chi connectivity index (χ0) is 10.9. The number of ether oxygens (including phenoxy) is 1. The van der Waals surface area contributed by atoms with Crippen LogP contribution < -0.4 is 4.74 Å². The van der Waals surface area contributed by atoms with Crippen molar-refractivity contribution in [2.75, 3.05) is 0 Å². The lowest BCUT2D eigenvalue weighted by atomic mass is 10.3. The van der Waals surface area contributed by atoms with Gasteiger partial charge in [0, 0.05) is 6.20 Å². The average molecular weight is 246 g/mol. The van der Waals surface area contributed by atoms with Gasteiger partial charge in [-0.05, 0) is 12.5 Å². The molecule has 7 heteroatoms. The highest BCUT2D eigenvalue weighted by Crippen LogP contribution is 2.34. The first-order chi connectivity index (χ1) is 6.31. The highest BCUT2D eigenvalue weighted by molar-refractivity contribution is 6.43. The highest BCUT2D eigenvalue weighted by atomic mass is 35.5. The molecule has 1 aromatic rings. The molecule has 1 rings (SSSR count). The third-order valence-electron chi connectivity index (χ3n) is 1.31. The van der Waals surface area contributed by atoms with Crippen LogP contribution in [0.25, 0.3) is 0 Å². The number of halogens is 5. The van der Waals surface area contributed by atoms with E-state index in [1.165, 1.54) is 0 Å². The van der Waals surface area contributed by atoms with E-state index in [0.29, 0.717) is 5.56 Å². The highest BCUT2D eigenvalue weighted by Gasteiger charge is 2.33. The third-order valence-corrected chi connectivity index (χ3v) is 2.25.